The standard InChI is InChI=1S/C60H34O2/c1-3-13-35(14-4-1)49-33-51(37-29-31-55-57-41(37)19-11-21-43(57)39-17-7-9-23-53(39)61-55)47-28-26-46-50(36-15-5-2-6-16-36)34-52(48-27-25-45(49)59(47)60(46)48)38-30-32-56-58-42(38)20-12-22-44(58)40-18-8-10-24-54(40)62-56/h1-34H. The number of para-hydroxylation sites is 2. The molecule has 0 fully saturated rings. The molecule has 2 nitrogen and oxygen atoms in total. The Morgan fingerprint density at radius 2 is 0.565 bits per heavy atom. The average molecular weight is 787 g/mol. The van der Waals surface area contributed by atoms with E-state index in [-0.39, 0.29) is 0 Å². The zero-order valence-electron chi connectivity index (χ0n) is 33.4. The first kappa shape index (κ1) is 33.6. The Morgan fingerprint density at radius 3 is 1.02 bits per heavy atom. The second-order valence-corrected chi connectivity index (χ2v) is 16.6. The van der Waals surface area contributed by atoms with Crippen LogP contribution < -0.4 is 9.47 Å². The quantitative estimate of drug-likeness (QED) is 0.165. The lowest BCUT2D eigenvalue weighted by atomic mass is 9.80. The Balaban J connectivity index is 1.12. The summed E-state index contributed by atoms with van der Waals surface area (Å²) < 4.78 is 13.2. The van der Waals surface area contributed by atoms with Crippen LogP contribution in [0, 0.1) is 0 Å². The van der Waals surface area contributed by atoms with Crippen LogP contribution in [0.3, 0.4) is 0 Å². The molecule has 0 atom stereocenters. The predicted octanol–water partition coefficient (Wildman–Crippen LogP) is 17.1. The maximum atomic E-state index is 6.59. The Morgan fingerprint density at radius 1 is 0.194 bits per heavy atom. The van der Waals surface area contributed by atoms with Gasteiger partial charge in [-0.3, -0.25) is 0 Å². The second-order valence-electron chi connectivity index (χ2n) is 16.6. The molecule has 0 amide bonds. The molecule has 2 heterocycles. The van der Waals surface area contributed by atoms with Gasteiger partial charge < -0.3 is 9.47 Å². The molecule has 286 valence electrons. The van der Waals surface area contributed by atoms with Crippen molar-refractivity contribution < 1.29 is 9.47 Å². The first-order chi connectivity index (χ1) is 30.8. The molecule has 0 bridgehead atoms. The van der Waals surface area contributed by atoms with Gasteiger partial charge in [-0.05, 0) is 135 Å². The third-order valence-electron chi connectivity index (χ3n) is 13.4. The van der Waals surface area contributed by atoms with Gasteiger partial charge in [0.05, 0.1) is 0 Å². The zero-order valence-corrected chi connectivity index (χ0v) is 33.4. The molecule has 12 aromatic rings. The summed E-state index contributed by atoms with van der Waals surface area (Å²) in [6, 6.07) is 75.1. The SMILES string of the molecule is c1ccc(-c2cc(-c3ccc4c5c(cccc35)-c3ccccc3O4)c3ccc4c(-c5ccccc5)cc(-c5ccc6c7c(cccc57)-c5ccccc5O6)c5ccc2c3c45)cc1. The first-order valence-electron chi connectivity index (χ1n) is 21.3. The van der Waals surface area contributed by atoms with E-state index in [0.29, 0.717) is 0 Å². The maximum Gasteiger partial charge on any atom is 0.135 e. The Labute approximate surface area is 357 Å². The molecule has 62 heavy (non-hydrogen) atoms. The van der Waals surface area contributed by atoms with Crippen LogP contribution in [-0.2, 0) is 0 Å². The molecule has 2 aliphatic rings. The minimum atomic E-state index is 0.895. The maximum absolute atomic E-state index is 6.59. The van der Waals surface area contributed by atoms with Crippen molar-refractivity contribution in [3.05, 3.63) is 206 Å². The van der Waals surface area contributed by atoms with E-state index >= 15 is 0 Å². The fraction of sp³-hybridized carbons (Fsp3) is 0. The van der Waals surface area contributed by atoms with Crippen LogP contribution in [-0.4, -0.2) is 0 Å². The monoisotopic (exact) mass is 786 g/mol. The van der Waals surface area contributed by atoms with E-state index in [1.54, 1.807) is 0 Å². The van der Waals surface area contributed by atoms with Gasteiger partial charge >= 0.3 is 0 Å². The van der Waals surface area contributed by atoms with Gasteiger partial charge in [-0.1, -0.05) is 170 Å². The number of hydrogen-bond donors (Lipinski definition) is 0. The molecule has 0 saturated carbocycles. The Bertz CT molecular complexity index is 3590. The van der Waals surface area contributed by atoms with Crippen molar-refractivity contribution in [2.45, 2.75) is 0 Å². The number of rotatable bonds is 4. The van der Waals surface area contributed by atoms with E-state index in [2.05, 4.69) is 194 Å². The minimum Gasteiger partial charge on any atom is -0.456 e. The van der Waals surface area contributed by atoms with Gasteiger partial charge in [0.2, 0.25) is 0 Å². The number of benzene rings is 12. The lowest BCUT2D eigenvalue weighted by molar-refractivity contribution is 0.487. The molecule has 0 radical (unpaired) electrons. The summed E-state index contributed by atoms with van der Waals surface area (Å²) in [6.45, 7) is 0. The molecule has 0 spiro atoms. The normalized spacial score (nSPS) is 12.5. The van der Waals surface area contributed by atoms with Crippen molar-refractivity contribution in [1.29, 1.82) is 0 Å². The van der Waals surface area contributed by atoms with Gasteiger partial charge in [-0.2, -0.15) is 0 Å². The zero-order chi connectivity index (χ0) is 40.5. The molecule has 2 heteroatoms. The van der Waals surface area contributed by atoms with E-state index < -0.39 is 0 Å². The highest BCUT2D eigenvalue weighted by atomic mass is 16.5. The third-order valence-corrected chi connectivity index (χ3v) is 13.4. The van der Waals surface area contributed by atoms with Gasteiger partial charge in [0.15, 0.2) is 0 Å². The minimum absolute atomic E-state index is 0.895. The molecule has 0 unspecified atom stereocenters. The van der Waals surface area contributed by atoms with Crippen LogP contribution in [0.25, 0.3) is 121 Å². The van der Waals surface area contributed by atoms with Gasteiger partial charge in [0, 0.05) is 21.9 Å². The average Bonchev–Trinajstić information content (AvgIpc) is 3.34. The molecule has 0 aliphatic carbocycles. The number of fused-ring (bicyclic) bond motifs is 4. The summed E-state index contributed by atoms with van der Waals surface area (Å²) in [5.74, 6) is 3.58. The van der Waals surface area contributed by atoms with Crippen LogP contribution in [0.5, 0.6) is 23.0 Å². The molecule has 0 aromatic heterocycles. The largest absolute Gasteiger partial charge is 0.456 e. The van der Waals surface area contributed by atoms with Gasteiger partial charge in [0.1, 0.15) is 23.0 Å². The van der Waals surface area contributed by atoms with Crippen LogP contribution in [0.15, 0.2) is 206 Å². The van der Waals surface area contributed by atoms with Crippen LogP contribution >= 0.6 is 0 Å². The summed E-state index contributed by atoms with van der Waals surface area (Å²) in [5.41, 5.74) is 14.3. The molecule has 0 saturated heterocycles. The lowest BCUT2D eigenvalue weighted by Crippen LogP contribution is -1.99. The molecular weight excluding hydrogens is 753 g/mol. The lowest BCUT2D eigenvalue weighted by Gasteiger charge is -2.25. The smallest absolute Gasteiger partial charge is 0.135 e. The van der Waals surface area contributed by atoms with Crippen LogP contribution in [0.1, 0.15) is 0 Å². The molecule has 14 rings (SSSR count). The molecule has 0 N–H and O–H groups in total. The predicted molar refractivity (Wildman–Crippen MR) is 258 cm³/mol. The summed E-state index contributed by atoms with van der Waals surface area (Å²) in [6.07, 6.45) is 0. The summed E-state index contributed by atoms with van der Waals surface area (Å²) >= 11 is 0. The van der Waals surface area contributed by atoms with Gasteiger partial charge in [0.25, 0.3) is 0 Å². The molecular formula is C60H34O2. The van der Waals surface area contributed by atoms with Crippen LogP contribution in [0.4, 0.5) is 0 Å². The van der Waals surface area contributed by atoms with Crippen molar-refractivity contribution in [2.75, 3.05) is 0 Å². The highest BCUT2D eigenvalue weighted by Crippen LogP contribution is 2.54. The van der Waals surface area contributed by atoms with Crippen molar-refractivity contribution in [2.24, 2.45) is 0 Å². The molecule has 12 aromatic carbocycles. The van der Waals surface area contributed by atoms with Crippen molar-refractivity contribution >= 4 is 53.9 Å². The van der Waals surface area contributed by atoms with Crippen LogP contribution in [0.2, 0.25) is 0 Å². The fourth-order valence-corrected chi connectivity index (χ4v) is 10.8. The van der Waals surface area contributed by atoms with E-state index in [1.807, 2.05) is 12.1 Å². The van der Waals surface area contributed by atoms with E-state index in [9.17, 15) is 0 Å². The van der Waals surface area contributed by atoms with E-state index in [4.69, 9.17) is 9.47 Å². The Kier molecular flexibility index (Phi) is 6.86. The molecule has 2 aliphatic heterocycles. The topological polar surface area (TPSA) is 18.5 Å². The van der Waals surface area contributed by atoms with Crippen molar-refractivity contribution in [3.63, 3.8) is 0 Å². The highest BCUT2D eigenvalue weighted by Gasteiger charge is 2.26. The second kappa shape index (κ2) is 12.7. The Hall–Kier alpha value is -8.20. The summed E-state index contributed by atoms with van der Waals surface area (Å²) in [5, 5.41) is 12.2. The van der Waals surface area contributed by atoms with E-state index in [0.717, 1.165) is 44.9 Å². The number of hydrogen-bond acceptors (Lipinski definition) is 2. The number of ether oxygens (including phenoxy) is 2. The van der Waals surface area contributed by atoms with Crippen molar-refractivity contribution in [3.8, 4) is 89.8 Å². The highest BCUT2D eigenvalue weighted by molar-refractivity contribution is 6.33. The fourth-order valence-electron chi connectivity index (χ4n) is 10.8. The summed E-state index contributed by atoms with van der Waals surface area (Å²) in [7, 11) is 0. The third kappa shape index (κ3) is 4.64. The van der Waals surface area contributed by atoms with Crippen molar-refractivity contribution in [1.82, 2.24) is 0 Å². The summed E-state index contributed by atoms with van der Waals surface area (Å²) in [4.78, 5) is 0. The first-order valence-corrected chi connectivity index (χ1v) is 21.3. The van der Waals surface area contributed by atoms with Gasteiger partial charge in [-0.25, -0.2) is 0 Å². The van der Waals surface area contributed by atoms with E-state index in [1.165, 1.54) is 98.7 Å². The van der Waals surface area contributed by atoms with Gasteiger partial charge in [-0.15, -0.1) is 0 Å².